The van der Waals surface area contributed by atoms with Crippen molar-refractivity contribution < 1.29 is 23.5 Å². The molecule has 226 valence electrons. The molecule has 42 heavy (non-hydrogen) atoms. The van der Waals surface area contributed by atoms with Crippen LogP contribution < -0.4 is 5.32 Å². The van der Waals surface area contributed by atoms with Gasteiger partial charge in [-0.15, -0.1) is 0 Å². The second-order valence-corrected chi connectivity index (χ2v) is 18.2. The number of aromatic nitrogens is 4. The van der Waals surface area contributed by atoms with E-state index in [0.29, 0.717) is 23.1 Å². The minimum Gasteiger partial charge on any atom is -0.461 e. The van der Waals surface area contributed by atoms with Gasteiger partial charge >= 0.3 is 12.1 Å². The summed E-state index contributed by atoms with van der Waals surface area (Å²) in [5, 5.41) is 2.62. The Morgan fingerprint density at radius 3 is 2.40 bits per heavy atom. The first-order chi connectivity index (χ1) is 19.5. The third kappa shape index (κ3) is 7.01. The minimum absolute atomic E-state index is 0.00507. The molecule has 1 aliphatic carbocycles. The maximum absolute atomic E-state index is 12.8. The fourth-order valence-corrected chi connectivity index (χ4v) is 6.18. The molecule has 2 heterocycles. The van der Waals surface area contributed by atoms with Crippen LogP contribution in [0.25, 0.3) is 11.2 Å². The third-order valence-corrected chi connectivity index (χ3v) is 12.6. The Balaban J connectivity index is 1.65. The van der Waals surface area contributed by atoms with Gasteiger partial charge in [-0.1, -0.05) is 57.2 Å². The zero-order valence-corrected chi connectivity index (χ0v) is 27.3. The van der Waals surface area contributed by atoms with Crippen LogP contribution in [0, 0.1) is 5.92 Å². The van der Waals surface area contributed by atoms with E-state index in [1.807, 2.05) is 10.6 Å². The number of nitrogens with zero attached hydrogens (tertiary/aromatic N) is 4. The number of amides is 1. The van der Waals surface area contributed by atoms with E-state index in [9.17, 15) is 9.59 Å². The molecule has 3 aromatic rings. The number of anilines is 1. The monoisotopic (exact) mass is 613 g/mol. The van der Waals surface area contributed by atoms with Gasteiger partial charge in [-0.25, -0.2) is 14.6 Å². The molecule has 0 bridgehead atoms. The highest BCUT2D eigenvalue weighted by molar-refractivity contribution is 6.74. The van der Waals surface area contributed by atoms with Crippen LogP contribution >= 0.6 is 11.6 Å². The second kappa shape index (κ2) is 11.8. The summed E-state index contributed by atoms with van der Waals surface area (Å²) in [5.74, 6) is -0.663. The van der Waals surface area contributed by atoms with E-state index < -0.39 is 26.0 Å². The first kappa shape index (κ1) is 31.6. The number of hydrogen-bond acceptors (Lipinski definition) is 8. The molecule has 12 heteroatoms. The lowest BCUT2D eigenvalue weighted by Gasteiger charge is -2.39. The molecule has 0 radical (unpaired) electrons. The van der Waals surface area contributed by atoms with E-state index in [0.717, 1.165) is 5.57 Å². The van der Waals surface area contributed by atoms with Crippen LogP contribution in [0.3, 0.4) is 0 Å². The highest BCUT2D eigenvalue weighted by Crippen LogP contribution is 2.46. The van der Waals surface area contributed by atoms with Crippen molar-refractivity contribution in [1.29, 1.82) is 0 Å². The summed E-state index contributed by atoms with van der Waals surface area (Å²) in [5.41, 5.74) is 1.44. The highest BCUT2D eigenvalue weighted by Gasteiger charge is 2.46. The van der Waals surface area contributed by atoms with Crippen molar-refractivity contribution in [1.82, 2.24) is 19.5 Å². The van der Waals surface area contributed by atoms with Crippen LogP contribution in [0.5, 0.6) is 0 Å². The Labute approximate surface area is 253 Å². The average molecular weight is 614 g/mol. The largest absolute Gasteiger partial charge is 0.461 e. The predicted octanol–water partition coefficient (Wildman–Crippen LogP) is 7.19. The molecule has 0 spiro atoms. The number of benzene rings is 1. The van der Waals surface area contributed by atoms with Gasteiger partial charge in [0.2, 0.25) is 5.95 Å². The molecule has 3 atom stereocenters. The zero-order chi connectivity index (χ0) is 31.0. The average Bonchev–Trinajstić information content (AvgIpc) is 3.41. The van der Waals surface area contributed by atoms with Crippen molar-refractivity contribution in [3.8, 4) is 0 Å². The van der Waals surface area contributed by atoms with Crippen molar-refractivity contribution in [3.63, 3.8) is 0 Å². The maximum Gasteiger partial charge on any atom is 0.414 e. The Hall–Kier alpha value is -3.28. The number of imidazole rings is 1. The van der Waals surface area contributed by atoms with Gasteiger partial charge in [-0.05, 0) is 63.0 Å². The fraction of sp³-hybridized carbons (Fsp3) is 0.500. The van der Waals surface area contributed by atoms with Crippen LogP contribution in [-0.4, -0.2) is 58.2 Å². The van der Waals surface area contributed by atoms with Crippen molar-refractivity contribution >= 4 is 49.1 Å². The maximum atomic E-state index is 12.8. The van der Waals surface area contributed by atoms with Crippen molar-refractivity contribution in [3.05, 3.63) is 59.5 Å². The van der Waals surface area contributed by atoms with Crippen molar-refractivity contribution in [2.24, 2.45) is 5.92 Å². The van der Waals surface area contributed by atoms with Gasteiger partial charge < -0.3 is 18.5 Å². The quantitative estimate of drug-likeness (QED) is 0.129. The lowest BCUT2D eigenvalue weighted by atomic mass is 10.0. The molecular weight excluding hydrogens is 574 g/mol. The molecule has 0 unspecified atom stereocenters. The number of carbonyl (C=O) groups excluding carboxylic acids is 2. The van der Waals surface area contributed by atoms with Crippen LogP contribution in [0.2, 0.25) is 23.3 Å². The molecule has 1 fully saturated rings. The number of nitrogens with one attached hydrogen (secondary N) is 1. The molecule has 0 aliphatic heterocycles. The topological polar surface area (TPSA) is 117 Å². The standard InChI is InChI=1S/C30H40ClN5O5Si/c1-18-20(16-39-26(37)19-13-11-10-12-14-19)22(41-42(8,9)30(5,6)7)15-21(18)36-17-32-23-24(31)33-27(34-25(23)36)35-28(38)40-29(2,3)4/h10-14,17,20-22H,1,15-16H2,2-9H3,(H,33,34,35,38)/t20-,21-,22-/m0/s1. The highest BCUT2D eigenvalue weighted by atomic mass is 35.5. The molecular formula is C30H40ClN5O5Si. The first-order valence-corrected chi connectivity index (χ1v) is 17.2. The van der Waals surface area contributed by atoms with E-state index in [-0.39, 0.29) is 40.8 Å². The van der Waals surface area contributed by atoms with E-state index in [4.69, 9.17) is 25.5 Å². The summed E-state index contributed by atoms with van der Waals surface area (Å²) >= 11 is 6.45. The Morgan fingerprint density at radius 2 is 1.79 bits per heavy atom. The number of rotatable bonds is 7. The van der Waals surface area contributed by atoms with E-state index in [1.165, 1.54) is 0 Å². The Morgan fingerprint density at radius 1 is 1.12 bits per heavy atom. The molecule has 0 saturated heterocycles. The molecule has 4 rings (SSSR count). The minimum atomic E-state index is -2.20. The predicted molar refractivity (Wildman–Crippen MR) is 165 cm³/mol. The number of fused-ring (bicyclic) bond motifs is 1. The van der Waals surface area contributed by atoms with E-state index in [2.05, 4.69) is 60.7 Å². The third-order valence-electron chi connectivity index (χ3n) is 7.79. The summed E-state index contributed by atoms with van der Waals surface area (Å²) < 4.78 is 19.9. The smallest absolute Gasteiger partial charge is 0.414 e. The van der Waals surface area contributed by atoms with Crippen molar-refractivity contribution in [2.45, 2.75) is 83.8 Å². The SMILES string of the molecule is C=C1[C@H](COC(=O)c2ccccc2)[C@@H](O[Si](C)(C)C(C)(C)C)C[C@@H]1n1cnc2c(Cl)nc(NC(=O)OC(C)(C)C)nc21. The van der Waals surface area contributed by atoms with Crippen LogP contribution in [0.1, 0.15) is 64.4 Å². The summed E-state index contributed by atoms with van der Waals surface area (Å²) in [7, 11) is -2.20. The van der Waals surface area contributed by atoms with Crippen LogP contribution in [0.4, 0.5) is 10.7 Å². The summed E-state index contributed by atoms with van der Waals surface area (Å²) in [6.07, 6.45) is 1.26. The summed E-state index contributed by atoms with van der Waals surface area (Å²) in [6, 6.07) is 8.62. The first-order valence-electron chi connectivity index (χ1n) is 14.0. The summed E-state index contributed by atoms with van der Waals surface area (Å²) in [4.78, 5) is 38.4. The normalized spacial score (nSPS) is 19.6. The molecule has 1 aromatic carbocycles. The zero-order valence-electron chi connectivity index (χ0n) is 25.5. The van der Waals surface area contributed by atoms with Crippen molar-refractivity contribution in [2.75, 3.05) is 11.9 Å². The second-order valence-electron chi connectivity index (χ2n) is 13.1. The molecule has 1 saturated carbocycles. The van der Waals surface area contributed by atoms with Gasteiger partial charge in [0.25, 0.3) is 0 Å². The number of ether oxygens (including phenoxy) is 2. The lowest BCUT2D eigenvalue weighted by molar-refractivity contribution is 0.0361. The molecule has 1 N–H and O–H groups in total. The lowest BCUT2D eigenvalue weighted by Crippen LogP contribution is -2.45. The molecule has 2 aromatic heterocycles. The Bertz CT molecular complexity index is 1480. The number of halogens is 1. The molecule has 10 nitrogen and oxygen atoms in total. The molecule has 1 aliphatic rings. The molecule has 1 amide bonds. The van der Waals surface area contributed by atoms with E-state index >= 15 is 0 Å². The van der Waals surface area contributed by atoms with Crippen LogP contribution in [0.15, 0.2) is 48.8 Å². The van der Waals surface area contributed by atoms with Gasteiger partial charge in [-0.2, -0.15) is 9.97 Å². The van der Waals surface area contributed by atoms with Crippen LogP contribution in [-0.2, 0) is 13.9 Å². The van der Waals surface area contributed by atoms with Gasteiger partial charge in [-0.3, -0.25) is 5.32 Å². The van der Waals surface area contributed by atoms with Gasteiger partial charge in [0.05, 0.1) is 24.0 Å². The van der Waals surface area contributed by atoms with E-state index in [1.54, 1.807) is 51.4 Å². The number of carbonyl (C=O) groups is 2. The van der Waals surface area contributed by atoms with Gasteiger partial charge in [0.1, 0.15) is 17.7 Å². The van der Waals surface area contributed by atoms with Gasteiger partial charge in [0, 0.05) is 5.92 Å². The summed E-state index contributed by atoms with van der Waals surface area (Å²) in [6.45, 7) is 20.8. The Kier molecular flexibility index (Phi) is 8.87. The van der Waals surface area contributed by atoms with Gasteiger partial charge in [0.15, 0.2) is 19.1 Å². The number of esters is 1. The number of hydrogen-bond donors (Lipinski definition) is 1. The fourth-order valence-electron chi connectivity index (χ4n) is 4.60.